The van der Waals surface area contributed by atoms with Crippen molar-refractivity contribution in [3.05, 3.63) is 41.6 Å². The molecule has 1 aliphatic carbocycles. The summed E-state index contributed by atoms with van der Waals surface area (Å²) in [4.78, 5) is 14.0. The standard InChI is InChI=1S/C22H21N3O3S/c1-11-6-15(19-16(7-11)24-18(28-3)10-23-19)22-25-20-14(21(26)12-4-5-12)8-13(27-2)9-17(20)29-22/h6-10,12,21,26H,4-5H2,1-3H3. The first-order valence-corrected chi connectivity index (χ1v) is 10.4. The van der Waals surface area contributed by atoms with Crippen LogP contribution in [0, 0.1) is 12.8 Å². The first-order valence-electron chi connectivity index (χ1n) is 9.55. The number of aliphatic hydroxyl groups excluding tert-OH is 1. The van der Waals surface area contributed by atoms with Gasteiger partial charge in [0.25, 0.3) is 0 Å². The van der Waals surface area contributed by atoms with Gasteiger partial charge in [-0.2, -0.15) is 0 Å². The van der Waals surface area contributed by atoms with Crippen LogP contribution in [0.2, 0.25) is 0 Å². The number of hydrogen-bond donors (Lipinski definition) is 1. The summed E-state index contributed by atoms with van der Waals surface area (Å²) < 4.78 is 11.7. The van der Waals surface area contributed by atoms with Crippen LogP contribution >= 0.6 is 11.3 Å². The van der Waals surface area contributed by atoms with Gasteiger partial charge in [-0.05, 0) is 55.5 Å². The molecular weight excluding hydrogens is 386 g/mol. The van der Waals surface area contributed by atoms with Crippen molar-refractivity contribution in [2.75, 3.05) is 14.2 Å². The van der Waals surface area contributed by atoms with Crippen molar-refractivity contribution < 1.29 is 14.6 Å². The van der Waals surface area contributed by atoms with E-state index < -0.39 is 6.10 Å². The van der Waals surface area contributed by atoms with E-state index in [0.717, 1.165) is 61.5 Å². The molecule has 1 atom stereocenters. The number of thiazole rings is 1. The molecule has 1 unspecified atom stereocenters. The summed E-state index contributed by atoms with van der Waals surface area (Å²) >= 11 is 1.58. The Bertz CT molecular complexity index is 1230. The minimum absolute atomic E-state index is 0.314. The fraction of sp³-hybridized carbons (Fsp3) is 0.318. The predicted molar refractivity (Wildman–Crippen MR) is 114 cm³/mol. The normalized spacial score (nSPS) is 15.0. The van der Waals surface area contributed by atoms with Crippen molar-refractivity contribution in [2.45, 2.75) is 25.9 Å². The number of methoxy groups -OCH3 is 2. The largest absolute Gasteiger partial charge is 0.497 e. The van der Waals surface area contributed by atoms with Crippen LogP contribution in [0.4, 0.5) is 0 Å². The van der Waals surface area contributed by atoms with Gasteiger partial charge in [0, 0.05) is 11.1 Å². The Morgan fingerprint density at radius 2 is 1.90 bits per heavy atom. The van der Waals surface area contributed by atoms with Crippen LogP contribution in [-0.2, 0) is 0 Å². The van der Waals surface area contributed by atoms with Gasteiger partial charge in [-0.15, -0.1) is 11.3 Å². The van der Waals surface area contributed by atoms with Crippen molar-refractivity contribution in [2.24, 2.45) is 5.92 Å². The molecule has 2 heterocycles. The molecule has 1 N–H and O–H groups in total. The van der Waals surface area contributed by atoms with Gasteiger partial charge in [-0.3, -0.25) is 0 Å². The molecule has 4 aromatic rings. The van der Waals surface area contributed by atoms with Gasteiger partial charge in [0.2, 0.25) is 5.88 Å². The lowest BCUT2D eigenvalue weighted by Gasteiger charge is -2.12. The summed E-state index contributed by atoms with van der Waals surface area (Å²) in [7, 11) is 3.23. The van der Waals surface area contributed by atoms with Crippen molar-refractivity contribution in [1.82, 2.24) is 15.0 Å². The smallest absolute Gasteiger partial charge is 0.232 e. The molecule has 2 aromatic heterocycles. The SMILES string of the molecule is COc1cc(C(O)C2CC2)c2nc(-c3cc(C)cc4nc(OC)cnc34)sc2c1. The Hall–Kier alpha value is -2.77. The lowest BCUT2D eigenvalue weighted by Crippen LogP contribution is -2.01. The molecule has 0 saturated heterocycles. The van der Waals surface area contributed by atoms with Crippen molar-refractivity contribution in [3.63, 3.8) is 0 Å². The van der Waals surface area contributed by atoms with Gasteiger partial charge < -0.3 is 14.6 Å². The average molecular weight is 407 g/mol. The highest BCUT2D eigenvalue weighted by molar-refractivity contribution is 7.21. The number of ether oxygens (including phenoxy) is 2. The van der Waals surface area contributed by atoms with Gasteiger partial charge >= 0.3 is 0 Å². The highest BCUT2D eigenvalue weighted by Crippen LogP contribution is 2.45. The van der Waals surface area contributed by atoms with E-state index in [9.17, 15) is 5.11 Å². The Kier molecular flexibility index (Phi) is 4.37. The van der Waals surface area contributed by atoms with Crippen LogP contribution in [0.15, 0.2) is 30.5 Å². The predicted octanol–water partition coefficient (Wildman–Crippen LogP) is 4.68. The molecule has 148 valence electrons. The number of nitrogens with zero attached hydrogens (tertiary/aromatic N) is 3. The number of rotatable bonds is 5. The zero-order valence-corrected chi connectivity index (χ0v) is 17.3. The first kappa shape index (κ1) is 18.3. The van der Waals surface area contributed by atoms with Gasteiger partial charge in [0.05, 0.1) is 47.8 Å². The van der Waals surface area contributed by atoms with E-state index in [-0.39, 0.29) is 0 Å². The Morgan fingerprint density at radius 3 is 2.62 bits per heavy atom. The van der Waals surface area contributed by atoms with Gasteiger partial charge in [0.15, 0.2) is 0 Å². The van der Waals surface area contributed by atoms with E-state index in [1.807, 2.05) is 25.1 Å². The zero-order valence-electron chi connectivity index (χ0n) is 16.5. The molecule has 0 bridgehead atoms. The molecule has 7 heteroatoms. The second kappa shape index (κ2) is 6.93. The summed E-state index contributed by atoms with van der Waals surface area (Å²) in [6.07, 6.45) is 3.22. The summed E-state index contributed by atoms with van der Waals surface area (Å²) in [5, 5.41) is 11.7. The van der Waals surface area contributed by atoms with E-state index in [1.165, 1.54) is 0 Å². The number of aliphatic hydroxyl groups is 1. The van der Waals surface area contributed by atoms with Crippen LogP contribution < -0.4 is 9.47 Å². The van der Waals surface area contributed by atoms with E-state index in [0.29, 0.717) is 11.8 Å². The van der Waals surface area contributed by atoms with Crippen molar-refractivity contribution in [1.29, 1.82) is 0 Å². The average Bonchev–Trinajstić information content (AvgIpc) is 3.49. The number of aryl methyl sites for hydroxylation is 1. The molecule has 0 spiro atoms. The van der Waals surface area contributed by atoms with E-state index >= 15 is 0 Å². The highest BCUT2D eigenvalue weighted by atomic mass is 32.1. The molecule has 1 aliphatic rings. The molecule has 0 aliphatic heterocycles. The Labute approximate surface area is 172 Å². The van der Waals surface area contributed by atoms with Crippen molar-refractivity contribution in [3.8, 4) is 22.2 Å². The van der Waals surface area contributed by atoms with Crippen LogP contribution in [0.3, 0.4) is 0 Å². The van der Waals surface area contributed by atoms with Gasteiger partial charge in [-0.25, -0.2) is 15.0 Å². The minimum atomic E-state index is -0.513. The lowest BCUT2D eigenvalue weighted by atomic mass is 10.0. The fourth-order valence-corrected chi connectivity index (χ4v) is 4.71. The molecule has 29 heavy (non-hydrogen) atoms. The minimum Gasteiger partial charge on any atom is -0.497 e. The summed E-state index contributed by atoms with van der Waals surface area (Å²) in [6.45, 7) is 2.03. The molecule has 1 saturated carbocycles. The molecular formula is C22H21N3O3S. The molecule has 5 rings (SSSR count). The molecule has 2 aromatic carbocycles. The molecule has 0 radical (unpaired) electrons. The second-order valence-corrected chi connectivity index (χ2v) is 8.49. The van der Waals surface area contributed by atoms with E-state index in [1.54, 1.807) is 31.8 Å². The van der Waals surface area contributed by atoms with Crippen LogP contribution in [0.25, 0.3) is 31.8 Å². The zero-order chi connectivity index (χ0) is 20.1. The Balaban J connectivity index is 1.72. The summed E-state index contributed by atoms with van der Waals surface area (Å²) in [6, 6.07) is 7.96. The van der Waals surface area contributed by atoms with Crippen molar-refractivity contribution >= 4 is 32.6 Å². The van der Waals surface area contributed by atoms with E-state index in [4.69, 9.17) is 14.5 Å². The maximum absolute atomic E-state index is 10.8. The fourth-order valence-electron chi connectivity index (χ4n) is 3.66. The highest BCUT2D eigenvalue weighted by Gasteiger charge is 2.33. The van der Waals surface area contributed by atoms with Crippen LogP contribution in [-0.4, -0.2) is 34.3 Å². The lowest BCUT2D eigenvalue weighted by molar-refractivity contribution is 0.155. The number of aromatic nitrogens is 3. The van der Waals surface area contributed by atoms with Crippen LogP contribution in [0.5, 0.6) is 11.6 Å². The maximum atomic E-state index is 10.8. The monoisotopic (exact) mass is 407 g/mol. The summed E-state index contributed by atoms with van der Waals surface area (Å²) in [5.41, 5.74) is 5.24. The molecule has 0 amide bonds. The quantitative estimate of drug-likeness (QED) is 0.518. The first-order chi connectivity index (χ1) is 14.1. The maximum Gasteiger partial charge on any atom is 0.232 e. The third-order valence-electron chi connectivity index (χ3n) is 5.33. The van der Waals surface area contributed by atoms with Crippen LogP contribution in [0.1, 0.15) is 30.1 Å². The number of hydrogen-bond acceptors (Lipinski definition) is 7. The molecule has 6 nitrogen and oxygen atoms in total. The van der Waals surface area contributed by atoms with E-state index in [2.05, 4.69) is 16.0 Å². The van der Waals surface area contributed by atoms with Gasteiger partial charge in [-0.1, -0.05) is 0 Å². The number of fused-ring (bicyclic) bond motifs is 2. The third kappa shape index (κ3) is 3.20. The summed E-state index contributed by atoms with van der Waals surface area (Å²) in [5.74, 6) is 1.53. The Morgan fingerprint density at radius 1 is 1.07 bits per heavy atom. The third-order valence-corrected chi connectivity index (χ3v) is 6.36. The molecule has 1 fully saturated rings. The topological polar surface area (TPSA) is 77.4 Å². The van der Waals surface area contributed by atoms with Gasteiger partial charge in [0.1, 0.15) is 10.8 Å². The second-order valence-electron chi connectivity index (χ2n) is 7.46. The number of benzene rings is 2.